The molecule has 0 aliphatic heterocycles. The third-order valence-corrected chi connectivity index (χ3v) is 3.50. The lowest BCUT2D eigenvalue weighted by atomic mass is 9.86. The second kappa shape index (κ2) is 5.65. The van der Waals surface area contributed by atoms with Crippen molar-refractivity contribution in [3.05, 3.63) is 40.3 Å². The van der Waals surface area contributed by atoms with E-state index in [1.54, 1.807) is 38.1 Å². The monoisotopic (exact) mass is 290 g/mol. The molecular weight excluding hydrogens is 272 g/mol. The molecule has 0 radical (unpaired) electrons. The molecule has 0 saturated carbocycles. The number of nitrogens with zero attached hydrogens (tertiary/aromatic N) is 2. The van der Waals surface area contributed by atoms with Crippen LogP contribution < -0.4 is 5.56 Å². The molecule has 2 aromatic rings. The highest BCUT2D eigenvalue weighted by Crippen LogP contribution is 2.27. The Labute approximate surface area is 122 Å². The number of hydrogen-bond donors (Lipinski definition) is 1. The number of carbonyl (C=O) groups is 1. The van der Waals surface area contributed by atoms with Gasteiger partial charge in [0.2, 0.25) is 0 Å². The highest BCUT2D eigenvalue weighted by molar-refractivity contribution is 5.90. The number of fused-ring (bicyclic) bond motifs is 1. The van der Waals surface area contributed by atoms with Gasteiger partial charge in [-0.1, -0.05) is 18.2 Å². The van der Waals surface area contributed by atoms with Crippen LogP contribution in [0, 0.1) is 0 Å². The first-order valence-corrected chi connectivity index (χ1v) is 6.62. The molecule has 0 aliphatic carbocycles. The minimum Gasteiger partial charge on any atom is -0.481 e. The number of benzene rings is 1. The van der Waals surface area contributed by atoms with E-state index in [-0.39, 0.29) is 12.1 Å². The molecule has 1 N–H and O–H groups in total. The molecule has 0 aliphatic rings. The minimum absolute atomic E-state index is 0.243. The molecule has 0 unspecified atom stereocenters. The smallest absolute Gasteiger partial charge is 0.315 e. The van der Waals surface area contributed by atoms with E-state index in [4.69, 9.17) is 4.74 Å². The summed E-state index contributed by atoms with van der Waals surface area (Å²) in [7, 11) is 1.54. The Hall–Kier alpha value is -2.21. The number of ether oxygens (including phenoxy) is 1. The highest BCUT2D eigenvalue weighted by atomic mass is 16.5. The third-order valence-electron chi connectivity index (χ3n) is 3.50. The fraction of sp³-hybridized carbons (Fsp3) is 0.400. The molecular formula is C15H18N2O4. The molecule has 112 valence electrons. The van der Waals surface area contributed by atoms with Gasteiger partial charge in [0.25, 0.3) is 5.56 Å². The van der Waals surface area contributed by atoms with Crippen LogP contribution in [0.5, 0.6) is 0 Å². The quantitative estimate of drug-likeness (QED) is 0.900. The molecule has 0 bridgehead atoms. The van der Waals surface area contributed by atoms with Crippen LogP contribution in [0.3, 0.4) is 0 Å². The van der Waals surface area contributed by atoms with E-state index in [2.05, 4.69) is 5.10 Å². The van der Waals surface area contributed by atoms with Gasteiger partial charge in [0.15, 0.2) is 0 Å². The molecule has 0 spiro atoms. The molecule has 0 fully saturated rings. The van der Waals surface area contributed by atoms with Crippen LogP contribution >= 0.6 is 0 Å². The van der Waals surface area contributed by atoms with Gasteiger partial charge in [0.05, 0.1) is 24.2 Å². The van der Waals surface area contributed by atoms with Crippen molar-refractivity contribution in [3.8, 4) is 0 Å². The van der Waals surface area contributed by atoms with Gasteiger partial charge < -0.3 is 9.84 Å². The van der Waals surface area contributed by atoms with Crippen molar-refractivity contribution < 1.29 is 14.6 Å². The first kappa shape index (κ1) is 15.2. The second-order valence-corrected chi connectivity index (χ2v) is 5.35. The number of methoxy groups -OCH3 is 1. The topological polar surface area (TPSA) is 81.4 Å². The average Bonchev–Trinajstić information content (AvgIpc) is 2.46. The first-order valence-electron chi connectivity index (χ1n) is 6.62. The fourth-order valence-electron chi connectivity index (χ4n) is 2.13. The number of rotatable bonds is 5. The van der Waals surface area contributed by atoms with Gasteiger partial charge in [0, 0.05) is 12.5 Å². The first-order chi connectivity index (χ1) is 9.89. The van der Waals surface area contributed by atoms with Gasteiger partial charge >= 0.3 is 5.97 Å². The van der Waals surface area contributed by atoms with Crippen LogP contribution in [-0.4, -0.2) is 34.6 Å². The number of aromatic nitrogens is 2. The van der Waals surface area contributed by atoms with E-state index in [0.29, 0.717) is 23.1 Å². The van der Waals surface area contributed by atoms with Crippen molar-refractivity contribution in [3.63, 3.8) is 0 Å². The van der Waals surface area contributed by atoms with Crippen LogP contribution in [0.1, 0.15) is 19.5 Å². The number of hydrogen-bond acceptors (Lipinski definition) is 4. The van der Waals surface area contributed by atoms with E-state index in [9.17, 15) is 14.7 Å². The van der Waals surface area contributed by atoms with Gasteiger partial charge in [-0.3, -0.25) is 9.59 Å². The van der Waals surface area contributed by atoms with Crippen LogP contribution in [0.2, 0.25) is 0 Å². The Bertz CT molecular complexity index is 734. The Morgan fingerprint density at radius 2 is 1.95 bits per heavy atom. The lowest BCUT2D eigenvalue weighted by Crippen LogP contribution is -2.35. The van der Waals surface area contributed by atoms with Crippen molar-refractivity contribution in [2.24, 2.45) is 0 Å². The Kier molecular flexibility index (Phi) is 4.09. The van der Waals surface area contributed by atoms with Crippen LogP contribution in [0.25, 0.3) is 10.8 Å². The fourth-order valence-corrected chi connectivity index (χ4v) is 2.13. The lowest BCUT2D eigenvalue weighted by molar-refractivity contribution is -0.142. The molecule has 0 amide bonds. The Morgan fingerprint density at radius 1 is 1.33 bits per heavy atom. The van der Waals surface area contributed by atoms with Crippen molar-refractivity contribution in [2.75, 3.05) is 13.7 Å². The van der Waals surface area contributed by atoms with E-state index in [0.717, 1.165) is 0 Å². The predicted octanol–water partition coefficient (Wildman–Crippen LogP) is 1.41. The zero-order valence-electron chi connectivity index (χ0n) is 12.3. The van der Waals surface area contributed by atoms with Crippen molar-refractivity contribution >= 4 is 16.7 Å². The maximum absolute atomic E-state index is 12.4. The maximum Gasteiger partial charge on any atom is 0.315 e. The number of carboxylic acid groups (broad SMARTS) is 1. The summed E-state index contributed by atoms with van der Waals surface area (Å²) in [6.45, 7) is 3.77. The van der Waals surface area contributed by atoms with E-state index in [1.165, 1.54) is 11.8 Å². The summed E-state index contributed by atoms with van der Waals surface area (Å²) < 4.78 is 6.24. The second-order valence-electron chi connectivity index (χ2n) is 5.35. The van der Waals surface area contributed by atoms with Gasteiger partial charge in [-0.15, -0.1) is 0 Å². The van der Waals surface area contributed by atoms with E-state index < -0.39 is 11.4 Å². The van der Waals surface area contributed by atoms with Crippen molar-refractivity contribution in [1.82, 2.24) is 9.78 Å². The van der Waals surface area contributed by atoms with E-state index in [1.807, 2.05) is 0 Å². The molecule has 1 heterocycles. The average molecular weight is 290 g/mol. The van der Waals surface area contributed by atoms with Crippen LogP contribution in [0.15, 0.2) is 29.1 Å². The molecule has 21 heavy (non-hydrogen) atoms. The lowest BCUT2D eigenvalue weighted by Gasteiger charge is -2.21. The molecule has 0 saturated heterocycles. The maximum atomic E-state index is 12.4. The molecule has 6 nitrogen and oxygen atoms in total. The summed E-state index contributed by atoms with van der Waals surface area (Å²) in [6.07, 6.45) is 0. The predicted molar refractivity (Wildman–Crippen MR) is 78.5 cm³/mol. The Morgan fingerprint density at radius 3 is 2.52 bits per heavy atom. The summed E-state index contributed by atoms with van der Waals surface area (Å²) in [5.41, 5.74) is -1.06. The highest BCUT2D eigenvalue weighted by Gasteiger charge is 2.34. The normalized spacial score (nSPS) is 11.8. The standard InChI is InChI=1S/C15H18N2O4/c1-15(2,14(19)20)12-10-6-4-5-7-11(10)13(18)17(16-12)8-9-21-3/h4-7H,8-9H2,1-3H3,(H,19,20). The zero-order chi connectivity index (χ0) is 15.6. The summed E-state index contributed by atoms with van der Waals surface area (Å²) in [5.74, 6) is -0.989. The SMILES string of the molecule is COCCn1nc(C(C)(C)C(=O)O)c2ccccc2c1=O. The molecule has 6 heteroatoms. The summed E-state index contributed by atoms with van der Waals surface area (Å²) >= 11 is 0. The molecule has 2 rings (SSSR count). The number of aliphatic carboxylic acids is 1. The zero-order valence-corrected chi connectivity index (χ0v) is 12.3. The van der Waals surface area contributed by atoms with E-state index >= 15 is 0 Å². The van der Waals surface area contributed by atoms with Crippen molar-refractivity contribution in [2.45, 2.75) is 25.8 Å². The van der Waals surface area contributed by atoms with Crippen LogP contribution in [-0.2, 0) is 21.5 Å². The van der Waals surface area contributed by atoms with Gasteiger partial charge in [0.1, 0.15) is 5.41 Å². The van der Waals surface area contributed by atoms with Gasteiger partial charge in [-0.2, -0.15) is 5.10 Å². The third kappa shape index (κ3) is 2.67. The summed E-state index contributed by atoms with van der Waals surface area (Å²) in [4.78, 5) is 23.9. The van der Waals surface area contributed by atoms with Crippen molar-refractivity contribution in [1.29, 1.82) is 0 Å². The largest absolute Gasteiger partial charge is 0.481 e. The summed E-state index contributed by atoms with van der Waals surface area (Å²) in [5, 5.41) is 14.8. The van der Waals surface area contributed by atoms with Gasteiger partial charge in [-0.25, -0.2) is 4.68 Å². The minimum atomic E-state index is -1.19. The molecule has 0 atom stereocenters. The van der Waals surface area contributed by atoms with Gasteiger partial charge in [-0.05, 0) is 19.9 Å². The Balaban J connectivity index is 2.77. The summed E-state index contributed by atoms with van der Waals surface area (Å²) in [6, 6.07) is 6.93. The molecule has 1 aromatic carbocycles. The van der Waals surface area contributed by atoms with Crippen LogP contribution in [0.4, 0.5) is 0 Å². The molecule has 1 aromatic heterocycles. The number of carboxylic acids is 1.